The van der Waals surface area contributed by atoms with Gasteiger partial charge in [-0.2, -0.15) is 4.36 Å². The first-order valence-electron chi connectivity index (χ1n) is 4.90. The Kier molecular flexibility index (Phi) is 2.78. The average Bonchev–Trinajstić information content (AvgIpc) is 2.52. The summed E-state index contributed by atoms with van der Waals surface area (Å²) in [4.78, 5) is 34.1. The molecule has 0 radical (unpaired) electrons. The van der Waals surface area contributed by atoms with Crippen LogP contribution < -0.4 is 0 Å². The molecule has 0 aliphatic carbocycles. The zero-order valence-corrected chi connectivity index (χ0v) is 10.4. The molecule has 0 unspecified atom stereocenters. The van der Waals surface area contributed by atoms with Crippen LogP contribution in [-0.4, -0.2) is 34.6 Å². The Hall–Kier alpha value is -2.02. The van der Waals surface area contributed by atoms with Gasteiger partial charge in [-0.1, -0.05) is 0 Å². The third kappa shape index (κ3) is 2.30. The van der Waals surface area contributed by atoms with Crippen molar-refractivity contribution in [3.63, 3.8) is 0 Å². The number of cyclic esters (lactones) is 2. The highest BCUT2D eigenvalue weighted by Crippen LogP contribution is 2.21. The van der Waals surface area contributed by atoms with E-state index in [1.54, 1.807) is 0 Å². The highest BCUT2D eigenvalue weighted by Gasteiger charge is 2.30. The molecule has 0 atom stereocenters. The SMILES string of the molecule is CS(C)(=O)=NC(=O)c1ccc2c(c1)C(=O)OC2=O. The molecule has 0 saturated heterocycles. The predicted molar refractivity (Wildman–Crippen MR) is 62.9 cm³/mol. The fourth-order valence-electron chi connectivity index (χ4n) is 1.47. The largest absolute Gasteiger partial charge is 0.386 e. The summed E-state index contributed by atoms with van der Waals surface area (Å²) < 4.78 is 19.3. The maximum absolute atomic E-state index is 11.7. The summed E-state index contributed by atoms with van der Waals surface area (Å²) in [5, 5.41) is 0. The van der Waals surface area contributed by atoms with Crippen LogP contribution in [0.15, 0.2) is 22.6 Å². The van der Waals surface area contributed by atoms with Gasteiger partial charge in [0.05, 0.1) is 11.1 Å². The van der Waals surface area contributed by atoms with Crippen molar-refractivity contribution in [1.29, 1.82) is 0 Å². The van der Waals surface area contributed by atoms with Crippen LogP contribution in [0.2, 0.25) is 0 Å². The third-order valence-corrected chi connectivity index (χ3v) is 2.80. The number of esters is 2. The Balaban J connectivity index is 2.49. The molecule has 0 saturated carbocycles. The molecule has 2 rings (SSSR count). The van der Waals surface area contributed by atoms with Crippen LogP contribution in [0.1, 0.15) is 31.1 Å². The molecule has 1 aliphatic rings. The fourth-order valence-corrected chi connectivity index (χ4v) is 1.98. The predicted octanol–water partition coefficient (Wildman–Crippen LogP) is 0.865. The van der Waals surface area contributed by atoms with E-state index in [1.807, 2.05) is 0 Å². The molecule has 7 heteroatoms. The van der Waals surface area contributed by atoms with E-state index in [0.29, 0.717) is 0 Å². The number of carbonyl (C=O) groups is 3. The van der Waals surface area contributed by atoms with E-state index in [-0.39, 0.29) is 16.7 Å². The summed E-state index contributed by atoms with van der Waals surface area (Å²) in [5.41, 5.74) is 0.238. The van der Waals surface area contributed by atoms with Crippen molar-refractivity contribution in [2.75, 3.05) is 12.5 Å². The molecule has 1 aliphatic heterocycles. The minimum Gasteiger partial charge on any atom is -0.386 e. The van der Waals surface area contributed by atoms with E-state index >= 15 is 0 Å². The molecule has 0 aromatic heterocycles. The molecule has 1 amide bonds. The second-order valence-electron chi connectivity index (χ2n) is 4.02. The number of carbonyl (C=O) groups excluding carboxylic acids is 3. The molecule has 1 aromatic rings. The lowest BCUT2D eigenvalue weighted by Crippen LogP contribution is -2.03. The molecule has 1 heterocycles. The molecule has 0 N–H and O–H groups in total. The van der Waals surface area contributed by atoms with Gasteiger partial charge in [0.15, 0.2) is 0 Å². The van der Waals surface area contributed by atoms with E-state index in [1.165, 1.54) is 30.7 Å². The number of ether oxygens (including phenoxy) is 1. The Morgan fingerprint density at radius 3 is 2.39 bits per heavy atom. The van der Waals surface area contributed by atoms with Gasteiger partial charge in [0, 0.05) is 27.8 Å². The molecule has 18 heavy (non-hydrogen) atoms. The maximum atomic E-state index is 11.7. The van der Waals surface area contributed by atoms with Crippen molar-refractivity contribution in [2.24, 2.45) is 4.36 Å². The number of benzene rings is 1. The lowest BCUT2D eigenvalue weighted by Gasteiger charge is -1.98. The van der Waals surface area contributed by atoms with E-state index in [0.717, 1.165) is 0 Å². The maximum Gasteiger partial charge on any atom is 0.346 e. The van der Waals surface area contributed by atoms with Gasteiger partial charge in [-0.05, 0) is 18.2 Å². The second kappa shape index (κ2) is 4.02. The topological polar surface area (TPSA) is 89.9 Å². The van der Waals surface area contributed by atoms with Crippen LogP contribution in [0, 0.1) is 0 Å². The zero-order chi connectivity index (χ0) is 13.5. The van der Waals surface area contributed by atoms with E-state index < -0.39 is 27.6 Å². The Morgan fingerprint density at radius 2 is 1.78 bits per heavy atom. The smallest absolute Gasteiger partial charge is 0.346 e. The second-order valence-corrected chi connectivity index (χ2v) is 6.56. The molecule has 0 spiro atoms. The number of hydrogen-bond donors (Lipinski definition) is 0. The van der Waals surface area contributed by atoms with Crippen LogP contribution in [-0.2, 0) is 14.5 Å². The van der Waals surface area contributed by atoms with Crippen molar-refractivity contribution in [3.05, 3.63) is 34.9 Å². The first-order chi connectivity index (χ1) is 8.28. The van der Waals surface area contributed by atoms with Crippen molar-refractivity contribution < 1.29 is 23.3 Å². The van der Waals surface area contributed by atoms with Gasteiger partial charge >= 0.3 is 11.9 Å². The average molecular weight is 267 g/mol. The first-order valence-corrected chi connectivity index (χ1v) is 7.23. The van der Waals surface area contributed by atoms with Crippen LogP contribution in [0.4, 0.5) is 0 Å². The number of nitrogens with zero attached hydrogens (tertiary/aromatic N) is 1. The lowest BCUT2D eigenvalue weighted by molar-refractivity contribution is 0.0443. The number of fused-ring (bicyclic) bond motifs is 1. The van der Waals surface area contributed by atoms with Gasteiger partial charge in [0.25, 0.3) is 5.91 Å². The van der Waals surface area contributed by atoms with Crippen LogP contribution in [0.25, 0.3) is 0 Å². The molecule has 0 fully saturated rings. The Bertz CT molecular complexity index is 689. The van der Waals surface area contributed by atoms with E-state index in [9.17, 15) is 18.6 Å². The van der Waals surface area contributed by atoms with Crippen LogP contribution >= 0.6 is 0 Å². The molecule has 1 aromatic carbocycles. The quantitative estimate of drug-likeness (QED) is 0.556. The Morgan fingerprint density at radius 1 is 1.17 bits per heavy atom. The normalized spacial score (nSPS) is 14.1. The summed E-state index contributed by atoms with van der Waals surface area (Å²) in [5.74, 6) is -2.22. The summed E-state index contributed by atoms with van der Waals surface area (Å²) in [7, 11) is -2.57. The number of rotatable bonds is 1. The van der Waals surface area contributed by atoms with Gasteiger partial charge in [0.2, 0.25) is 0 Å². The number of hydrogen-bond acceptors (Lipinski definition) is 5. The van der Waals surface area contributed by atoms with E-state index in [4.69, 9.17) is 0 Å². The van der Waals surface area contributed by atoms with Crippen molar-refractivity contribution >= 4 is 27.6 Å². The standard InChI is InChI=1S/C11H9NO5S/c1-18(2,16)12-9(13)6-3-4-7-8(5-6)11(15)17-10(7)14/h3-5H,1-2H3. The van der Waals surface area contributed by atoms with Crippen LogP contribution in [0.3, 0.4) is 0 Å². The van der Waals surface area contributed by atoms with Gasteiger partial charge in [0.1, 0.15) is 0 Å². The fraction of sp³-hybridized carbons (Fsp3) is 0.182. The molecule has 0 bridgehead atoms. The van der Waals surface area contributed by atoms with Crippen molar-refractivity contribution in [1.82, 2.24) is 0 Å². The minimum atomic E-state index is -2.57. The molecule has 94 valence electrons. The molecule has 6 nitrogen and oxygen atoms in total. The van der Waals surface area contributed by atoms with Crippen molar-refractivity contribution in [2.45, 2.75) is 0 Å². The zero-order valence-electron chi connectivity index (χ0n) is 9.63. The number of amides is 1. The summed E-state index contributed by atoms with van der Waals surface area (Å²) in [6.45, 7) is 0. The lowest BCUT2D eigenvalue weighted by atomic mass is 10.1. The highest BCUT2D eigenvalue weighted by atomic mass is 32.2. The summed E-state index contributed by atoms with van der Waals surface area (Å²) in [6, 6.07) is 3.88. The van der Waals surface area contributed by atoms with Gasteiger partial charge in [-0.25, -0.2) is 13.8 Å². The van der Waals surface area contributed by atoms with E-state index in [2.05, 4.69) is 9.10 Å². The van der Waals surface area contributed by atoms with Crippen LogP contribution in [0.5, 0.6) is 0 Å². The molecular formula is C11H9NO5S. The minimum absolute atomic E-state index is 0.0276. The highest BCUT2D eigenvalue weighted by molar-refractivity contribution is 7.92. The first kappa shape index (κ1) is 12.4. The monoisotopic (exact) mass is 267 g/mol. The van der Waals surface area contributed by atoms with Gasteiger partial charge in [-0.3, -0.25) is 4.79 Å². The van der Waals surface area contributed by atoms with Gasteiger partial charge in [-0.15, -0.1) is 0 Å². The molecular weight excluding hydrogens is 258 g/mol. The third-order valence-electron chi connectivity index (χ3n) is 2.19. The van der Waals surface area contributed by atoms with Gasteiger partial charge < -0.3 is 4.74 Å². The Labute approximate surface area is 103 Å². The van der Waals surface area contributed by atoms with Crippen molar-refractivity contribution in [3.8, 4) is 0 Å². The summed E-state index contributed by atoms with van der Waals surface area (Å²) >= 11 is 0. The summed E-state index contributed by atoms with van der Waals surface area (Å²) in [6.07, 6.45) is 2.66.